The summed E-state index contributed by atoms with van der Waals surface area (Å²) in [5.74, 6) is 0.696. The van der Waals surface area contributed by atoms with Gasteiger partial charge in [0.2, 0.25) is 0 Å². The molecule has 0 aliphatic carbocycles. The van der Waals surface area contributed by atoms with Gasteiger partial charge in [0.1, 0.15) is 12.1 Å². The van der Waals surface area contributed by atoms with Crippen LogP contribution < -0.4 is 5.32 Å². The molecule has 2 aromatic rings. The van der Waals surface area contributed by atoms with E-state index in [1.165, 1.54) is 12.4 Å². The molecule has 2 rings (SSSR count). The largest absolute Gasteiger partial charge is 0.416 e. The number of nitrogens with zero attached hydrogens (tertiary/aromatic N) is 2. The fraction of sp³-hybridized carbons (Fsp3) is 0.333. The van der Waals surface area contributed by atoms with E-state index in [9.17, 15) is 13.2 Å². The number of hydrogen-bond acceptors (Lipinski definition) is 3. The molecule has 1 heterocycles. The molecule has 21 heavy (non-hydrogen) atoms. The van der Waals surface area contributed by atoms with E-state index in [-0.39, 0.29) is 0 Å². The minimum Gasteiger partial charge on any atom is -0.373 e. The molecule has 0 unspecified atom stereocenters. The monoisotopic (exact) mass is 295 g/mol. The smallest absolute Gasteiger partial charge is 0.373 e. The predicted octanol–water partition coefficient (Wildman–Crippen LogP) is 4.07. The second kappa shape index (κ2) is 5.71. The van der Waals surface area contributed by atoms with Crippen LogP contribution >= 0.6 is 0 Å². The van der Waals surface area contributed by atoms with Gasteiger partial charge in [0.25, 0.3) is 0 Å². The second-order valence-electron chi connectivity index (χ2n) is 4.68. The Hall–Kier alpha value is -2.11. The van der Waals surface area contributed by atoms with Crippen LogP contribution in [0.25, 0.3) is 11.3 Å². The van der Waals surface area contributed by atoms with E-state index in [1.54, 1.807) is 14.0 Å². The molecule has 0 saturated carbocycles. The molecule has 0 saturated heterocycles. The van der Waals surface area contributed by atoms with Gasteiger partial charge in [0.05, 0.1) is 11.3 Å². The van der Waals surface area contributed by atoms with Crippen molar-refractivity contribution in [1.82, 2.24) is 9.97 Å². The van der Waals surface area contributed by atoms with Gasteiger partial charge in [0.15, 0.2) is 0 Å². The molecule has 0 atom stereocenters. The lowest BCUT2D eigenvalue weighted by Gasteiger charge is -2.14. The van der Waals surface area contributed by atoms with Crippen LogP contribution in [0.15, 0.2) is 24.5 Å². The molecular weight excluding hydrogens is 279 g/mol. The van der Waals surface area contributed by atoms with Gasteiger partial charge < -0.3 is 5.32 Å². The Morgan fingerprint density at radius 1 is 1.19 bits per heavy atom. The van der Waals surface area contributed by atoms with Crippen molar-refractivity contribution in [3.8, 4) is 11.3 Å². The molecule has 0 spiro atoms. The molecule has 3 nitrogen and oxygen atoms in total. The average molecular weight is 295 g/mol. The van der Waals surface area contributed by atoms with Crippen LogP contribution in [-0.2, 0) is 12.6 Å². The third kappa shape index (κ3) is 2.99. The zero-order valence-corrected chi connectivity index (χ0v) is 12.0. The van der Waals surface area contributed by atoms with Gasteiger partial charge >= 0.3 is 6.18 Å². The highest BCUT2D eigenvalue weighted by Gasteiger charge is 2.30. The van der Waals surface area contributed by atoms with Crippen LogP contribution in [-0.4, -0.2) is 17.0 Å². The van der Waals surface area contributed by atoms with E-state index in [2.05, 4.69) is 15.3 Å². The number of benzene rings is 1. The summed E-state index contributed by atoms with van der Waals surface area (Å²) in [6.07, 6.45) is -2.23. The Morgan fingerprint density at radius 3 is 2.43 bits per heavy atom. The lowest BCUT2D eigenvalue weighted by molar-refractivity contribution is -0.137. The van der Waals surface area contributed by atoms with Crippen LogP contribution in [0.5, 0.6) is 0 Å². The van der Waals surface area contributed by atoms with E-state index >= 15 is 0 Å². The third-order valence-corrected chi connectivity index (χ3v) is 3.34. The molecule has 112 valence electrons. The van der Waals surface area contributed by atoms with Crippen molar-refractivity contribution in [1.29, 1.82) is 0 Å². The Kier molecular flexibility index (Phi) is 4.16. The van der Waals surface area contributed by atoms with Crippen molar-refractivity contribution in [2.45, 2.75) is 26.4 Å². The lowest BCUT2D eigenvalue weighted by atomic mass is 9.98. The van der Waals surface area contributed by atoms with Gasteiger partial charge in [-0.05, 0) is 31.0 Å². The number of hydrogen-bond donors (Lipinski definition) is 1. The quantitative estimate of drug-likeness (QED) is 0.927. The molecule has 1 N–H and O–H groups in total. The van der Waals surface area contributed by atoms with Crippen molar-refractivity contribution in [2.24, 2.45) is 0 Å². The summed E-state index contributed by atoms with van der Waals surface area (Å²) in [6.45, 7) is 3.62. The Balaban J connectivity index is 2.58. The summed E-state index contributed by atoms with van der Waals surface area (Å²) >= 11 is 0. The van der Waals surface area contributed by atoms with E-state index in [1.807, 2.05) is 6.92 Å². The molecule has 0 fully saturated rings. The number of aromatic nitrogens is 2. The maximum Gasteiger partial charge on any atom is 0.416 e. The van der Waals surface area contributed by atoms with Gasteiger partial charge in [0, 0.05) is 18.2 Å². The molecule has 0 bridgehead atoms. The topological polar surface area (TPSA) is 37.8 Å². The number of aryl methyl sites for hydroxylation is 1. The molecule has 0 radical (unpaired) electrons. The maximum atomic E-state index is 12.7. The highest BCUT2D eigenvalue weighted by Crippen LogP contribution is 2.34. The summed E-state index contributed by atoms with van der Waals surface area (Å²) < 4.78 is 38.2. The number of anilines is 1. The minimum absolute atomic E-state index is 0.542. The van der Waals surface area contributed by atoms with Gasteiger partial charge in [-0.3, -0.25) is 0 Å². The van der Waals surface area contributed by atoms with Crippen molar-refractivity contribution in [3.05, 3.63) is 41.2 Å². The van der Waals surface area contributed by atoms with Gasteiger partial charge in [-0.15, -0.1) is 0 Å². The van der Waals surface area contributed by atoms with Crippen LogP contribution in [0.1, 0.15) is 23.6 Å². The van der Waals surface area contributed by atoms with E-state index in [0.29, 0.717) is 29.1 Å². The molecule has 6 heteroatoms. The summed E-state index contributed by atoms with van der Waals surface area (Å²) in [5.41, 5.74) is 2.15. The fourth-order valence-electron chi connectivity index (χ4n) is 2.30. The van der Waals surface area contributed by atoms with Crippen molar-refractivity contribution in [3.63, 3.8) is 0 Å². The van der Waals surface area contributed by atoms with Crippen LogP contribution in [0.3, 0.4) is 0 Å². The molecule has 0 aliphatic heterocycles. The van der Waals surface area contributed by atoms with E-state index in [0.717, 1.165) is 17.7 Å². The normalized spacial score (nSPS) is 11.5. The van der Waals surface area contributed by atoms with Crippen molar-refractivity contribution >= 4 is 5.82 Å². The molecule has 0 amide bonds. The van der Waals surface area contributed by atoms with Gasteiger partial charge in [-0.2, -0.15) is 13.2 Å². The van der Waals surface area contributed by atoms with E-state index in [4.69, 9.17) is 0 Å². The highest BCUT2D eigenvalue weighted by molar-refractivity contribution is 5.71. The first-order chi connectivity index (χ1) is 9.88. The molecule has 1 aromatic heterocycles. The fourth-order valence-corrected chi connectivity index (χ4v) is 2.30. The number of halogens is 3. The SMILES string of the molecule is CCc1c(NC)ncnc1-c1ccc(C(F)(F)F)cc1C. The Labute approximate surface area is 121 Å². The number of rotatable bonds is 3. The Morgan fingerprint density at radius 2 is 1.90 bits per heavy atom. The third-order valence-electron chi connectivity index (χ3n) is 3.34. The maximum absolute atomic E-state index is 12.7. The molecular formula is C15H16F3N3. The van der Waals surface area contributed by atoms with Crippen LogP contribution in [0.4, 0.5) is 19.0 Å². The molecule has 1 aromatic carbocycles. The zero-order valence-electron chi connectivity index (χ0n) is 12.0. The van der Waals surface area contributed by atoms with Gasteiger partial charge in [-0.1, -0.05) is 13.0 Å². The predicted molar refractivity (Wildman–Crippen MR) is 76.1 cm³/mol. The lowest BCUT2D eigenvalue weighted by Crippen LogP contribution is -2.06. The molecule has 0 aliphatic rings. The summed E-state index contributed by atoms with van der Waals surface area (Å²) in [7, 11) is 1.75. The van der Waals surface area contributed by atoms with Crippen LogP contribution in [0, 0.1) is 6.92 Å². The number of alkyl halides is 3. The summed E-state index contributed by atoms with van der Waals surface area (Å²) in [4.78, 5) is 8.39. The standard InChI is InChI=1S/C15H16F3N3/c1-4-11-13(20-8-21-14(11)19-3)12-6-5-10(7-9(12)2)15(16,17)18/h5-8H,4H2,1-3H3,(H,19,20,21). The average Bonchev–Trinajstić information content (AvgIpc) is 2.45. The van der Waals surface area contributed by atoms with Crippen molar-refractivity contribution < 1.29 is 13.2 Å². The number of nitrogens with one attached hydrogen (secondary N) is 1. The Bertz CT molecular complexity index is 651. The first-order valence-electron chi connectivity index (χ1n) is 6.58. The first-order valence-corrected chi connectivity index (χ1v) is 6.58. The summed E-state index contributed by atoms with van der Waals surface area (Å²) in [6, 6.07) is 3.71. The second-order valence-corrected chi connectivity index (χ2v) is 4.68. The zero-order chi connectivity index (χ0) is 15.6. The van der Waals surface area contributed by atoms with Crippen LogP contribution in [0.2, 0.25) is 0 Å². The minimum atomic E-state index is -4.33. The summed E-state index contributed by atoms with van der Waals surface area (Å²) in [5, 5.41) is 2.98. The van der Waals surface area contributed by atoms with Crippen molar-refractivity contribution in [2.75, 3.05) is 12.4 Å². The van der Waals surface area contributed by atoms with Gasteiger partial charge in [-0.25, -0.2) is 9.97 Å². The highest BCUT2D eigenvalue weighted by atomic mass is 19.4. The van der Waals surface area contributed by atoms with E-state index < -0.39 is 11.7 Å². The first kappa shape index (κ1) is 15.3.